The molecule has 0 saturated carbocycles. The van der Waals surface area contributed by atoms with Crippen molar-refractivity contribution in [2.24, 2.45) is 0 Å². The summed E-state index contributed by atoms with van der Waals surface area (Å²) in [5, 5.41) is 0. The summed E-state index contributed by atoms with van der Waals surface area (Å²) in [6, 6.07) is 0. The highest BCUT2D eigenvalue weighted by atomic mass is 16.6. The Balaban J connectivity index is 4.54. The Labute approximate surface area is 450 Å². The van der Waals surface area contributed by atoms with Gasteiger partial charge in [0.15, 0.2) is 6.10 Å². The van der Waals surface area contributed by atoms with Crippen molar-refractivity contribution in [1.29, 1.82) is 0 Å². The third-order valence-electron chi connectivity index (χ3n) is 12.6. The fourth-order valence-corrected chi connectivity index (χ4v) is 8.12. The maximum Gasteiger partial charge on any atom is 0.306 e. The van der Waals surface area contributed by atoms with E-state index in [0.29, 0.717) is 19.3 Å². The van der Waals surface area contributed by atoms with Crippen LogP contribution in [0.5, 0.6) is 0 Å². The molecule has 0 amide bonds. The van der Waals surface area contributed by atoms with Gasteiger partial charge in [-0.3, -0.25) is 14.4 Å². The highest BCUT2D eigenvalue weighted by Gasteiger charge is 2.19. The second-order valence-corrected chi connectivity index (χ2v) is 19.7. The summed E-state index contributed by atoms with van der Waals surface area (Å²) in [7, 11) is 0. The third-order valence-corrected chi connectivity index (χ3v) is 12.6. The molecule has 0 radical (unpaired) electrons. The van der Waals surface area contributed by atoms with Gasteiger partial charge < -0.3 is 14.2 Å². The predicted molar refractivity (Wildman–Crippen MR) is 316 cm³/mol. The number of rotatable bonds is 53. The molecule has 414 valence electrons. The number of hydrogen-bond donors (Lipinski definition) is 0. The van der Waals surface area contributed by atoms with E-state index in [-0.39, 0.29) is 31.1 Å². The molecule has 1 atom stereocenters. The van der Waals surface area contributed by atoms with Crippen LogP contribution in [0.15, 0.2) is 122 Å². The van der Waals surface area contributed by atoms with Gasteiger partial charge in [0.25, 0.3) is 0 Å². The van der Waals surface area contributed by atoms with Crippen LogP contribution >= 0.6 is 0 Å². The van der Waals surface area contributed by atoms with Gasteiger partial charge in [0.1, 0.15) is 13.2 Å². The number of unbranched alkanes of at least 4 members (excludes halogenated alkanes) is 29. The number of allylic oxidation sites excluding steroid dienone is 20. The van der Waals surface area contributed by atoms with Crippen LogP contribution in [-0.2, 0) is 28.6 Å². The number of hydrogen-bond acceptors (Lipinski definition) is 6. The van der Waals surface area contributed by atoms with Crippen LogP contribution in [0, 0.1) is 0 Å². The van der Waals surface area contributed by atoms with E-state index in [1.165, 1.54) is 122 Å². The molecule has 0 heterocycles. The average Bonchev–Trinajstić information content (AvgIpc) is 3.39. The molecular weight excluding hydrogens is 901 g/mol. The van der Waals surface area contributed by atoms with E-state index in [9.17, 15) is 14.4 Å². The number of carbonyl (C=O) groups excluding carboxylic acids is 3. The van der Waals surface area contributed by atoms with Crippen molar-refractivity contribution in [3.63, 3.8) is 0 Å². The Kier molecular flexibility index (Phi) is 56.9. The van der Waals surface area contributed by atoms with Crippen molar-refractivity contribution in [3.05, 3.63) is 122 Å². The lowest BCUT2D eigenvalue weighted by Crippen LogP contribution is -2.30. The normalized spacial score (nSPS) is 13.0. The molecular formula is C67H110O6. The van der Waals surface area contributed by atoms with Crippen LogP contribution in [-0.4, -0.2) is 37.2 Å². The van der Waals surface area contributed by atoms with Crippen molar-refractivity contribution in [3.8, 4) is 0 Å². The van der Waals surface area contributed by atoms with Crippen molar-refractivity contribution in [2.75, 3.05) is 13.2 Å². The fourth-order valence-electron chi connectivity index (χ4n) is 8.12. The summed E-state index contributed by atoms with van der Waals surface area (Å²) in [6.07, 6.45) is 83.3. The first-order valence-corrected chi connectivity index (χ1v) is 30.2. The van der Waals surface area contributed by atoms with Crippen LogP contribution in [0.4, 0.5) is 0 Å². The zero-order chi connectivity index (χ0) is 52.9. The van der Waals surface area contributed by atoms with E-state index in [0.717, 1.165) is 103 Å². The van der Waals surface area contributed by atoms with Crippen molar-refractivity contribution in [1.82, 2.24) is 0 Å². The van der Waals surface area contributed by atoms with E-state index < -0.39 is 6.10 Å². The molecule has 0 aromatic heterocycles. The second-order valence-electron chi connectivity index (χ2n) is 19.7. The van der Waals surface area contributed by atoms with Crippen molar-refractivity contribution in [2.45, 2.75) is 271 Å². The third kappa shape index (κ3) is 58.6. The molecule has 0 aliphatic heterocycles. The molecule has 0 aliphatic rings. The Hall–Kier alpha value is -4.19. The second kappa shape index (κ2) is 60.4. The first kappa shape index (κ1) is 68.8. The molecule has 1 unspecified atom stereocenters. The summed E-state index contributed by atoms with van der Waals surface area (Å²) >= 11 is 0. The molecule has 6 nitrogen and oxygen atoms in total. The largest absolute Gasteiger partial charge is 0.462 e. The average molecular weight is 1010 g/mol. The molecule has 0 saturated heterocycles. The number of carbonyl (C=O) groups is 3. The van der Waals surface area contributed by atoms with Gasteiger partial charge in [0.05, 0.1) is 0 Å². The van der Waals surface area contributed by atoms with Gasteiger partial charge in [0.2, 0.25) is 0 Å². The number of ether oxygens (including phenoxy) is 3. The van der Waals surface area contributed by atoms with Gasteiger partial charge in [-0.05, 0) is 89.9 Å². The molecule has 0 aromatic rings. The van der Waals surface area contributed by atoms with Crippen molar-refractivity contribution >= 4 is 17.9 Å². The van der Waals surface area contributed by atoms with Crippen LogP contribution in [0.3, 0.4) is 0 Å². The van der Waals surface area contributed by atoms with Gasteiger partial charge in [-0.1, -0.05) is 277 Å². The van der Waals surface area contributed by atoms with E-state index in [4.69, 9.17) is 14.2 Å². The molecule has 0 aromatic carbocycles. The monoisotopic (exact) mass is 1010 g/mol. The first-order chi connectivity index (χ1) is 36.0. The van der Waals surface area contributed by atoms with Crippen LogP contribution in [0.1, 0.15) is 265 Å². The molecule has 73 heavy (non-hydrogen) atoms. The zero-order valence-electron chi connectivity index (χ0n) is 47.4. The smallest absolute Gasteiger partial charge is 0.306 e. The van der Waals surface area contributed by atoms with Crippen LogP contribution in [0.2, 0.25) is 0 Å². The van der Waals surface area contributed by atoms with Gasteiger partial charge in [-0.25, -0.2) is 0 Å². The lowest BCUT2D eigenvalue weighted by molar-refractivity contribution is -0.167. The summed E-state index contributed by atoms with van der Waals surface area (Å²) in [5.41, 5.74) is 0. The minimum absolute atomic E-state index is 0.106. The Morgan fingerprint density at radius 1 is 0.288 bits per heavy atom. The molecule has 0 spiro atoms. The minimum atomic E-state index is -0.813. The van der Waals surface area contributed by atoms with E-state index in [1.54, 1.807) is 0 Å². The Morgan fingerprint density at radius 3 is 0.904 bits per heavy atom. The van der Waals surface area contributed by atoms with Crippen LogP contribution < -0.4 is 0 Å². The molecule has 0 N–H and O–H groups in total. The quantitative estimate of drug-likeness (QED) is 0.0199. The Morgan fingerprint density at radius 2 is 0.548 bits per heavy atom. The standard InChI is InChI=1S/C67H110O6/c1-4-7-10-13-16-19-22-25-28-31-34-37-39-42-45-48-51-54-57-60-66(69)72-63-64(73-67(70)61-58-55-52-49-46-43-40-36-33-30-27-24-21-18-15-12-9-6-3)62-71-65(68)59-56-53-50-47-44-41-38-35-32-29-26-23-20-17-14-11-8-5-2/h7,10,13,16,19,22,25,28,30-31,33-40,42,45,64H,4-6,8-9,11-12,14-15,17-18,20-21,23-24,26-27,29,32,41,43-44,46-63H2,1-3H3/b10-7-,16-13-,22-19-,28-25-,33-30-,34-31+,38-35-,39-37-,40-36-,45-42-. The van der Waals surface area contributed by atoms with E-state index in [2.05, 4.69) is 69.4 Å². The molecule has 6 heteroatoms. The lowest BCUT2D eigenvalue weighted by atomic mass is 10.1. The molecule has 0 aliphatic carbocycles. The highest BCUT2D eigenvalue weighted by Crippen LogP contribution is 2.15. The maximum atomic E-state index is 12.9. The molecule has 0 bridgehead atoms. The maximum absolute atomic E-state index is 12.9. The summed E-state index contributed by atoms with van der Waals surface area (Å²) in [6.45, 7) is 6.44. The van der Waals surface area contributed by atoms with Gasteiger partial charge in [0, 0.05) is 19.3 Å². The molecule has 0 rings (SSSR count). The van der Waals surface area contributed by atoms with Gasteiger partial charge in [-0.2, -0.15) is 0 Å². The van der Waals surface area contributed by atoms with Gasteiger partial charge in [-0.15, -0.1) is 0 Å². The van der Waals surface area contributed by atoms with Gasteiger partial charge >= 0.3 is 17.9 Å². The first-order valence-electron chi connectivity index (χ1n) is 30.2. The van der Waals surface area contributed by atoms with Crippen LogP contribution in [0.25, 0.3) is 0 Å². The highest BCUT2D eigenvalue weighted by molar-refractivity contribution is 5.71. The SMILES string of the molecule is CC\C=C/C=C\C=C/C=C\C=C\C=C/C=C\CCCCCC(=O)OCC(COC(=O)CCCCCCC/C=C\CCCCCCCCCCC)OC(=O)CCCCCCC/C=C\C=C/CCCCCCCCC. The van der Waals surface area contributed by atoms with Crippen molar-refractivity contribution < 1.29 is 28.6 Å². The summed E-state index contributed by atoms with van der Waals surface area (Å²) < 4.78 is 16.8. The van der Waals surface area contributed by atoms with E-state index >= 15 is 0 Å². The summed E-state index contributed by atoms with van der Waals surface area (Å²) in [5.74, 6) is -0.974. The fraction of sp³-hybridized carbons (Fsp3) is 0.657. The topological polar surface area (TPSA) is 78.9 Å². The Bertz CT molecular complexity index is 1540. The number of esters is 3. The minimum Gasteiger partial charge on any atom is -0.462 e. The molecule has 0 fully saturated rings. The summed E-state index contributed by atoms with van der Waals surface area (Å²) in [4.78, 5) is 38.2. The lowest BCUT2D eigenvalue weighted by Gasteiger charge is -2.18. The van der Waals surface area contributed by atoms with E-state index in [1.807, 2.05) is 72.9 Å². The predicted octanol–water partition coefficient (Wildman–Crippen LogP) is 20.4. The zero-order valence-corrected chi connectivity index (χ0v) is 47.4.